The standard InChI is InChI=1S/C18H26N2O/c1-14-13-20(17-9-5-4-8-16(17)12-19-14)18(21)11-10-15-6-2-3-7-15/h4-5,8-9,14-15,19H,2-3,6-7,10-13H2,1H3. The van der Waals surface area contributed by atoms with Crippen molar-refractivity contribution in [3.05, 3.63) is 29.8 Å². The van der Waals surface area contributed by atoms with Crippen LogP contribution in [0.3, 0.4) is 0 Å². The topological polar surface area (TPSA) is 32.3 Å². The molecule has 0 radical (unpaired) electrons. The predicted octanol–water partition coefficient (Wildman–Crippen LogP) is 3.48. The Morgan fingerprint density at radius 3 is 2.86 bits per heavy atom. The smallest absolute Gasteiger partial charge is 0.227 e. The molecule has 1 fully saturated rings. The van der Waals surface area contributed by atoms with Crippen molar-refractivity contribution in [2.45, 2.75) is 58.0 Å². The molecule has 1 N–H and O–H groups in total. The van der Waals surface area contributed by atoms with E-state index in [4.69, 9.17) is 0 Å². The maximum absolute atomic E-state index is 12.7. The fourth-order valence-corrected chi connectivity index (χ4v) is 3.64. The van der Waals surface area contributed by atoms with Crippen LogP contribution in [0.5, 0.6) is 0 Å². The minimum atomic E-state index is 0.296. The number of hydrogen-bond acceptors (Lipinski definition) is 2. The number of nitrogens with one attached hydrogen (secondary N) is 1. The van der Waals surface area contributed by atoms with Crippen LogP contribution in [0.25, 0.3) is 0 Å². The third kappa shape index (κ3) is 3.46. The van der Waals surface area contributed by atoms with Gasteiger partial charge in [0.15, 0.2) is 0 Å². The minimum absolute atomic E-state index is 0.296. The Kier molecular flexibility index (Phi) is 4.59. The molecule has 1 aliphatic heterocycles. The van der Waals surface area contributed by atoms with Crippen LogP contribution >= 0.6 is 0 Å². The van der Waals surface area contributed by atoms with Gasteiger partial charge in [-0.05, 0) is 30.9 Å². The highest BCUT2D eigenvalue weighted by atomic mass is 16.2. The molecule has 1 heterocycles. The zero-order chi connectivity index (χ0) is 14.7. The van der Waals surface area contributed by atoms with Gasteiger partial charge in [-0.1, -0.05) is 43.9 Å². The Hall–Kier alpha value is -1.35. The van der Waals surface area contributed by atoms with Crippen molar-refractivity contribution in [2.75, 3.05) is 11.4 Å². The first-order chi connectivity index (χ1) is 10.2. The minimum Gasteiger partial charge on any atom is -0.311 e. The second-order valence-electron chi connectivity index (χ2n) is 6.60. The molecule has 1 aliphatic carbocycles. The lowest BCUT2D eigenvalue weighted by Crippen LogP contribution is -2.39. The van der Waals surface area contributed by atoms with E-state index in [-0.39, 0.29) is 0 Å². The number of nitrogens with zero attached hydrogens (tertiary/aromatic N) is 1. The highest BCUT2D eigenvalue weighted by molar-refractivity contribution is 5.94. The van der Waals surface area contributed by atoms with Crippen molar-refractivity contribution >= 4 is 11.6 Å². The van der Waals surface area contributed by atoms with Crippen molar-refractivity contribution in [1.29, 1.82) is 0 Å². The second-order valence-corrected chi connectivity index (χ2v) is 6.60. The summed E-state index contributed by atoms with van der Waals surface area (Å²) in [4.78, 5) is 14.7. The molecular weight excluding hydrogens is 260 g/mol. The summed E-state index contributed by atoms with van der Waals surface area (Å²) in [6.07, 6.45) is 7.12. The zero-order valence-electron chi connectivity index (χ0n) is 13.0. The second kappa shape index (κ2) is 6.61. The summed E-state index contributed by atoms with van der Waals surface area (Å²) in [6, 6.07) is 8.64. The van der Waals surface area contributed by atoms with Crippen LogP contribution < -0.4 is 10.2 Å². The third-order valence-corrected chi connectivity index (χ3v) is 4.92. The highest BCUT2D eigenvalue weighted by Crippen LogP contribution is 2.30. The molecule has 0 aromatic heterocycles. The number of anilines is 1. The van der Waals surface area contributed by atoms with Crippen molar-refractivity contribution < 1.29 is 4.79 Å². The fourth-order valence-electron chi connectivity index (χ4n) is 3.64. The largest absolute Gasteiger partial charge is 0.311 e. The van der Waals surface area contributed by atoms with Crippen molar-refractivity contribution in [1.82, 2.24) is 5.32 Å². The molecular formula is C18H26N2O. The Morgan fingerprint density at radius 2 is 2.05 bits per heavy atom. The molecule has 3 heteroatoms. The van der Waals surface area contributed by atoms with Crippen molar-refractivity contribution in [3.63, 3.8) is 0 Å². The van der Waals surface area contributed by atoms with E-state index in [1.54, 1.807) is 0 Å². The van der Waals surface area contributed by atoms with Gasteiger partial charge in [0.1, 0.15) is 0 Å². The average Bonchev–Trinajstić information content (AvgIpc) is 2.96. The van der Waals surface area contributed by atoms with E-state index in [1.807, 2.05) is 11.0 Å². The number of rotatable bonds is 3. The van der Waals surface area contributed by atoms with Crippen LogP contribution in [0.4, 0.5) is 5.69 Å². The number of para-hydroxylation sites is 1. The molecule has 0 spiro atoms. The van der Waals surface area contributed by atoms with Crippen LogP contribution in [0, 0.1) is 5.92 Å². The van der Waals surface area contributed by atoms with Gasteiger partial charge in [0.25, 0.3) is 0 Å². The molecule has 114 valence electrons. The number of fused-ring (bicyclic) bond motifs is 1. The first-order valence-electron chi connectivity index (χ1n) is 8.35. The zero-order valence-corrected chi connectivity index (χ0v) is 13.0. The SMILES string of the molecule is CC1CN(C(=O)CCC2CCCC2)c2ccccc2CN1. The molecule has 3 rings (SSSR count). The molecule has 2 aliphatic rings. The monoisotopic (exact) mass is 286 g/mol. The Bertz CT molecular complexity index is 494. The maximum Gasteiger partial charge on any atom is 0.227 e. The Labute approximate surface area is 127 Å². The van der Waals surface area contributed by atoms with Gasteiger partial charge in [0, 0.05) is 31.2 Å². The summed E-state index contributed by atoms with van der Waals surface area (Å²) >= 11 is 0. The fraction of sp³-hybridized carbons (Fsp3) is 0.611. The van der Waals surface area contributed by atoms with Crippen LogP contribution in [0.15, 0.2) is 24.3 Å². The van der Waals surface area contributed by atoms with Gasteiger partial charge in [-0.25, -0.2) is 0 Å². The van der Waals surface area contributed by atoms with Gasteiger partial charge >= 0.3 is 0 Å². The number of hydrogen-bond donors (Lipinski definition) is 1. The van der Waals surface area contributed by atoms with Crippen molar-refractivity contribution in [3.8, 4) is 0 Å². The van der Waals surface area contributed by atoms with Crippen LogP contribution in [0.1, 0.15) is 51.0 Å². The van der Waals surface area contributed by atoms with Crippen molar-refractivity contribution in [2.24, 2.45) is 5.92 Å². The summed E-state index contributed by atoms with van der Waals surface area (Å²) in [6.45, 7) is 3.79. The average molecular weight is 286 g/mol. The maximum atomic E-state index is 12.7. The molecule has 1 amide bonds. The van der Waals surface area contributed by atoms with E-state index in [0.29, 0.717) is 18.4 Å². The Balaban J connectivity index is 1.70. The van der Waals surface area contributed by atoms with E-state index < -0.39 is 0 Å². The van der Waals surface area contributed by atoms with Gasteiger partial charge in [-0.15, -0.1) is 0 Å². The molecule has 1 aromatic rings. The quantitative estimate of drug-likeness (QED) is 0.922. The van der Waals surface area contributed by atoms with Crippen LogP contribution in [-0.4, -0.2) is 18.5 Å². The molecule has 1 aromatic carbocycles. The van der Waals surface area contributed by atoms with Gasteiger partial charge in [-0.2, -0.15) is 0 Å². The van der Waals surface area contributed by atoms with Crippen LogP contribution in [0.2, 0.25) is 0 Å². The summed E-state index contributed by atoms with van der Waals surface area (Å²) < 4.78 is 0. The summed E-state index contributed by atoms with van der Waals surface area (Å²) in [5, 5.41) is 3.49. The third-order valence-electron chi connectivity index (χ3n) is 4.92. The molecule has 21 heavy (non-hydrogen) atoms. The van der Waals surface area contributed by atoms with E-state index in [1.165, 1.54) is 31.2 Å². The summed E-state index contributed by atoms with van der Waals surface area (Å²) in [7, 11) is 0. The normalized spacial score (nSPS) is 22.9. The number of carbonyl (C=O) groups excluding carboxylic acids is 1. The number of amides is 1. The van der Waals surface area contributed by atoms with E-state index in [9.17, 15) is 4.79 Å². The predicted molar refractivity (Wildman–Crippen MR) is 86.3 cm³/mol. The summed E-state index contributed by atoms with van der Waals surface area (Å²) in [5.41, 5.74) is 2.34. The number of carbonyl (C=O) groups is 1. The lowest BCUT2D eigenvalue weighted by atomic mass is 10.0. The summed E-state index contributed by atoms with van der Waals surface area (Å²) in [5.74, 6) is 1.08. The highest BCUT2D eigenvalue weighted by Gasteiger charge is 2.24. The lowest BCUT2D eigenvalue weighted by molar-refractivity contribution is -0.119. The molecule has 0 bridgehead atoms. The molecule has 1 saturated carbocycles. The van der Waals surface area contributed by atoms with E-state index in [0.717, 1.165) is 31.1 Å². The lowest BCUT2D eigenvalue weighted by Gasteiger charge is -2.25. The van der Waals surface area contributed by atoms with Gasteiger partial charge in [0.05, 0.1) is 0 Å². The van der Waals surface area contributed by atoms with Gasteiger partial charge in [0.2, 0.25) is 5.91 Å². The molecule has 1 atom stereocenters. The van der Waals surface area contributed by atoms with E-state index in [2.05, 4.69) is 30.4 Å². The van der Waals surface area contributed by atoms with Gasteiger partial charge in [-0.3, -0.25) is 4.79 Å². The molecule has 3 nitrogen and oxygen atoms in total. The number of benzene rings is 1. The van der Waals surface area contributed by atoms with Crippen LogP contribution in [-0.2, 0) is 11.3 Å². The van der Waals surface area contributed by atoms with E-state index >= 15 is 0 Å². The Morgan fingerprint density at radius 1 is 1.29 bits per heavy atom. The molecule has 0 saturated heterocycles. The first kappa shape index (κ1) is 14.6. The molecule has 1 unspecified atom stereocenters. The van der Waals surface area contributed by atoms with Gasteiger partial charge < -0.3 is 10.2 Å². The first-order valence-corrected chi connectivity index (χ1v) is 8.35.